The minimum Gasteiger partial charge on any atom is -0.311 e. The van der Waals surface area contributed by atoms with E-state index in [1.165, 1.54) is 54.7 Å². The van der Waals surface area contributed by atoms with Crippen molar-refractivity contribution < 1.29 is 0 Å². The molecule has 0 aliphatic carbocycles. The third-order valence-electron chi connectivity index (χ3n) is 10.1. The fraction of sp³-hybridized carbons (Fsp3) is 0. The number of rotatable bonds is 6. The first-order chi connectivity index (χ1) is 25.3. The van der Waals surface area contributed by atoms with Gasteiger partial charge in [-0.05, 0) is 96.1 Å². The van der Waals surface area contributed by atoms with Gasteiger partial charge in [0.1, 0.15) is 0 Å². The largest absolute Gasteiger partial charge is 0.311 e. The van der Waals surface area contributed by atoms with Crippen LogP contribution in [-0.4, -0.2) is 9.13 Å². The van der Waals surface area contributed by atoms with E-state index < -0.39 is 0 Å². The van der Waals surface area contributed by atoms with Crippen molar-refractivity contribution in [1.29, 1.82) is 0 Å². The topological polar surface area (TPSA) is 13.1 Å². The van der Waals surface area contributed by atoms with Gasteiger partial charge < -0.3 is 14.0 Å². The summed E-state index contributed by atoms with van der Waals surface area (Å²) >= 11 is 0. The molecule has 0 radical (unpaired) electrons. The van der Waals surface area contributed by atoms with Gasteiger partial charge in [0.15, 0.2) is 0 Å². The predicted octanol–water partition coefficient (Wildman–Crippen LogP) is 13.0. The van der Waals surface area contributed by atoms with Crippen LogP contribution in [0.3, 0.4) is 0 Å². The minimum atomic E-state index is 1.12. The van der Waals surface area contributed by atoms with E-state index in [0.29, 0.717) is 0 Å². The van der Waals surface area contributed by atoms with Crippen LogP contribution in [0, 0.1) is 0 Å². The van der Waals surface area contributed by atoms with Crippen molar-refractivity contribution in [2.45, 2.75) is 0 Å². The lowest BCUT2D eigenvalue weighted by Crippen LogP contribution is -2.09. The van der Waals surface area contributed by atoms with Crippen LogP contribution in [0.1, 0.15) is 0 Å². The molecule has 8 aromatic carbocycles. The zero-order valence-electron chi connectivity index (χ0n) is 27.9. The average Bonchev–Trinajstić information content (AvgIpc) is 3.72. The number of fused-ring (bicyclic) bond motifs is 7. The van der Waals surface area contributed by atoms with Crippen LogP contribution < -0.4 is 4.90 Å². The van der Waals surface area contributed by atoms with E-state index in [1.807, 2.05) is 0 Å². The molecular formula is C48H33N3. The molecule has 0 spiro atoms. The molecule has 0 saturated heterocycles. The highest BCUT2D eigenvalue weighted by Gasteiger charge is 2.21. The van der Waals surface area contributed by atoms with Crippen molar-refractivity contribution in [2.75, 3.05) is 4.90 Å². The molecule has 2 aromatic heterocycles. The van der Waals surface area contributed by atoms with Crippen LogP contribution in [-0.2, 0) is 0 Å². The number of aromatic nitrogens is 2. The van der Waals surface area contributed by atoms with Crippen LogP contribution in [0.4, 0.5) is 17.1 Å². The van der Waals surface area contributed by atoms with Gasteiger partial charge >= 0.3 is 0 Å². The molecule has 240 valence electrons. The zero-order valence-corrected chi connectivity index (χ0v) is 27.9. The normalized spacial score (nSPS) is 11.5. The summed E-state index contributed by atoms with van der Waals surface area (Å²) in [5.74, 6) is 0. The van der Waals surface area contributed by atoms with Crippen molar-refractivity contribution in [1.82, 2.24) is 9.13 Å². The fourth-order valence-electron chi connectivity index (χ4n) is 7.84. The number of para-hydroxylation sites is 5. The van der Waals surface area contributed by atoms with E-state index in [2.05, 4.69) is 214 Å². The van der Waals surface area contributed by atoms with E-state index in [1.54, 1.807) is 0 Å². The second kappa shape index (κ2) is 11.9. The Morgan fingerprint density at radius 1 is 0.314 bits per heavy atom. The molecule has 51 heavy (non-hydrogen) atoms. The summed E-state index contributed by atoms with van der Waals surface area (Å²) in [5, 5.41) is 5.00. The number of anilines is 3. The summed E-state index contributed by atoms with van der Waals surface area (Å²) in [4.78, 5) is 2.30. The predicted molar refractivity (Wildman–Crippen MR) is 215 cm³/mol. The molecule has 2 heterocycles. The Morgan fingerprint density at radius 3 is 1.45 bits per heavy atom. The Morgan fingerprint density at radius 2 is 0.804 bits per heavy atom. The van der Waals surface area contributed by atoms with Crippen molar-refractivity contribution in [3.8, 4) is 22.5 Å². The van der Waals surface area contributed by atoms with Gasteiger partial charge in [-0.25, -0.2) is 0 Å². The lowest BCUT2D eigenvalue weighted by Gasteiger charge is -2.25. The van der Waals surface area contributed by atoms with Crippen molar-refractivity contribution in [3.63, 3.8) is 0 Å². The monoisotopic (exact) mass is 651 g/mol. The SMILES string of the molecule is c1ccc(N(c2ccccc2)c2ccc(-c3ccc4c(c3)c3ccc5c(c6ccccc6n5-c5ccccc5)c3n4-c3ccccc3)cc2)cc1. The maximum absolute atomic E-state index is 2.46. The number of benzene rings is 8. The number of hydrogen-bond acceptors (Lipinski definition) is 1. The van der Waals surface area contributed by atoms with Gasteiger partial charge in [-0.3, -0.25) is 0 Å². The highest BCUT2D eigenvalue weighted by Crippen LogP contribution is 2.43. The van der Waals surface area contributed by atoms with Gasteiger partial charge in [-0.15, -0.1) is 0 Å². The summed E-state index contributed by atoms with van der Waals surface area (Å²) in [5.41, 5.74) is 12.9. The van der Waals surface area contributed by atoms with E-state index in [9.17, 15) is 0 Å². The maximum Gasteiger partial charge on any atom is 0.0641 e. The van der Waals surface area contributed by atoms with Gasteiger partial charge in [0.25, 0.3) is 0 Å². The molecule has 0 amide bonds. The zero-order chi connectivity index (χ0) is 33.7. The smallest absolute Gasteiger partial charge is 0.0641 e. The van der Waals surface area contributed by atoms with Crippen molar-refractivity contribution >= 4 is 60.7 Å². The molecule has 0 aliphatic rings. The first-order valence-corrected chi connectivity index (χ1v) is 17.5. The standard InChI is InChI=1S/C48H33N3/c1-5-15-36(16-6-1)49(37-17-7-2-8-18-37)40-28-25-34(26-29-40)35-27-31-45-43(33-35)41-30-32-46-47(48(41)51(45)39-21-11-4-12-22-39)42-23-13-14-24-44(42)50(46)38-19-9-3-10-20-38/h1-33H. The van der Waals surface area contributed by atoms with E-state index in [0.717, 1.165) is 28.4 Å². The molecule has 0 unspecified atom stereocenters. The number of nitrogens with zero attached hydrogens (tertiary/aromatic N) is 3. The fourth-order valence-corrected chi connectivity index (χ4v) is 7.84. The van der Waals surface area contributed by atoms with Crippen molar-refractivity contribution in [2.24, 2.45) is 0 Å². The Hall–Kier alpha value is -6.84. The summed E-state index contributed by atoms with van der Waals surface area (Å²) in [7, 11) is 0. The van der Waals surface area contributed by atoms with Gasteiger partial charge in [0.2, 0.25) is 0 Å². The third-order valence-corrected chi connectivity index (χ3v) is 10.1. The molecule has 3 heteroatoms. The maximum atomic E-state index is 2.46. The summed E-state index contributed by atoms with van der Waals surface area (Å²) in [6, 6.07) is 71.9. The first kappa shape index (κ1) is 29.1. The summed E-state index contributed by atoms with van der Waals surface area (Å²) < 4.78 is 4.86. The molecule has 0 bridgehead atoms. The lowest BCUT2D eigenvalue weighted by molar-refractivity contribution is 1.17. The van der Waals surface area contributed by atoms with E-state index in [4.69, 9.17) is 0 Å². The molecule has 0 aliphatic heterocycles. The Bertz CT molecular complexity index is 2780. The van der Waals surface area contributed by atoms with E-state index >= 15 is 0 Å². The molecule has 10 rings (SSSR count). The second-order valence-electron chi connectivity index (χ2n) is 13.0. The molecule has 0 fully saturated rings. The first-order valence-electron chi connectivity index (χ1n) is 17.5. The highest BCUT2D eigenvalue weighted by atomic mass is 15.1. The highest BCUT2D eigenvalue weighted by molar-refractivity contribution is 6.26. The molecule has 3 nitrogen and oxygen atoms in total. The second-order valence-corrected chi connectivity index (χ2v) is 13.0. The van der Waals surface area contributed by atoms with E-state index in [-0.39, 0.29) is 0 Å². The summed E-state index contributed by atoms with van der Waals surface area (Å²) in [6.07, 6.45) is 0. The molecular weight excluding hydrogens is 619 g/mol. The molecule has 10 aromatic rings. The van der Waals surface area contributed by atoms with Crippen LogP contribution in [0.5, 0.6) is 0 Å². The Labute approximate surface area is 296 Å². The van der Waals surface area contributed by atoms with Crippen LogP contribution >= 0.6 is 0 Å². The van der Waals surface area contributed by atoms with Crippen LogP contribution in [0.25, 0.3) is 66.1 Å². The van der Waals surface area contributed by atoms with Gasteiger partial charge in [-0.2, -0.15) is 0 Å². The molecule has 0 atom stereocenters. The van der Waals surface area contributed by atoms with Gasteiger partial charge in [0.05, 0.1) is 22.1 Å². The third kappa shape index (κ3) is 4.74. The molecule has 0 saturated carbocycles. The Balaban J connectivity index is 1.18. The van der Waals surface area contributed by atoms with Gasteiger partial charge in [-0.1, -0.05) is 115 Å². The van der Waals surface area contributed by atoms with Crippen LogP contribution in [0.15, 0.2) is 200 Å². The average molecular weight is 652 g/mol. The number of hydrogen-bond donors (Lipinski definition) is 0. The Kier molecular flexibility index (Phi) is 6.81. The van der Waals surface area contributed by atoms with Crippen LogP contribution in [0.2, 0.25) is 0 Å². The summed E-state index contributed by atoms with van der Waals surface area (Å²) in [6.45, 7) is 0. The quantitative estimate of drug-likeness (QED) is 0.174. The van der Waals surface area contributed by atoms with Crippen molar-refractivity contribution in [3.05, 3.63) is 200 Å². The molecule has 0 N–H and O–H groups in total. The lowest BCUT2D eigenvalue weighted by atomic mass is 10.0. The minimum absolute atomic E-state index is 1.12. The van der Waals surface area contributed by atoms with Gasteiger partial charge in [0, 0.05) is 50.0 Å².